The zero-order chi connectivity index (χ0) is 22.8. The van der Waals surface area contributed by atoms with E-state index in [-0.39, 0.29) is 5.75 Å². The Morgan fingerprint density at radius 1 is 1.00 bits per heavy atom. The number of rotatable bonds is 6. The lowest BCUT2D eigenvalue weighted by atomic mass is 10.1. The summed E-state index contributed by atoms with van der Waals surface area (Å²) in [6.45, 7) is 0.492. The van der Waals surface area contributed by atoms with Gasteiger partial charge in [0, 0.05) is 23.5 Å². The van der Waals surface area contributed by atoms with Gasteiger partial charge in [-0.05, 0) is 42.0 Å². The lowest BCUT2D eigenvalue weighted by Gasteiger charge is -2.09. The number of benzene rings is 3. The number of anilines is 1. The van der Waals surface area contributed by atoms with Crippen LogP contribution in [-0.2, 0) is 6.54 Å². The third-order valence-corrected chi connectivity index (χ3v) is 5.25. The topological polar surface area (TPSA) is 75.2 Å². The number of hydrogen-bond acceptors (Lipinski definition) is 5. The molecule has 7 heteroatoms. The molecule has 6 nitrogen and oxygen atoms in total. The minimum absolute atomic E-state index is 0.0759. The number of halogens is 1. The number of hydrogen-bond donors (Lipinski definition) is 1. The zero-order valence-electron chi connectivity index (χ0n) is 17.8. The molecule has 1 radical (unpaired) electrons. The van der Waals surface area contributed by atoms with Crippen LogP contribution >= 0.6 is 0 Å². The van der Waals surface area contributed by atoms with E-state index in [0.717, 1.165) is 16.9 Å². The van der Waals surface area contributed by atoms with Crippen molar-refractivity contribution in [3.8, 4) is 28.5 Å². The predicted octanol–water partition coefficient (Wildman–Crippen LogP) is 5.47. The van der Waals surface area contributed by atoms with Gasteiger partial charge < -0.3 is 15.2 Å². The van der Waals surface area contributed by atoms with E-state index in [9.17, 15) is 4.39 Å². The number of ether oxygens (including phenoxy) is 2. The molecular weight excluding hydrogens is 419 g/mol. The van der Waals surface area contributed by atoms with Gasteiger partial charge in [0.15, 0.2) is 17.2 Å². The van der Waals surface area contributed by atoms with Crippen molar-refractivity contribution in [2.24, 2.45) is 0 Å². The van der Waals surface area contributed by atoms with Crippen LogP contribution in [0, 0.1) is 11.9 Å². The van der Waals surface area contributed by atoms with E-state index in [4.69, 9.17) is 20.3 Å². The number of aromatic nitrogens is 3. The molecule has 0 bridgehead atoms. The molecule has 33 heavy (non-hydrogen) atoms. The van der Waals surface area contributed by atoms with Crippen molar-refractivity contribution >= 4 is 16.7 Å². The number of nitrogen functional groups attached to an aromatic ring is 1. The van der Waals surface area contributed by atoms with Gasteiger partial charge in [0.05, 0.1) is 19.0 Å². The Labute approximate surface area is 190 Å². The molecule has 0 aliphatic carbocycles. The second kappa shape index (κ2) is 8.63. The first-order valence-corrected chi connectivity index (χ1v) is 10.3. The van der Waals surface area contributed by atoms with Crippen LogP contribution in [0.3, 0.4) is 0 Å². The van der Waals surface area contributed by atoms with E-state index in [1.807, 2.05) is 53.2 Å². The summed E-state index contributed by atoms with van der Waals surface area (Å²) in [7, 11) is 1.63. The fourth-order valence-electron chi connectivity index (χ4n) is 3.63. The van der Waals surface area contributed by atoms with Crippen LogP contribution in [0.1, 0.15) is 5.56 Å². The van der Waals surface area contributed by atoms with Gasteiger partial charge in [-0.25, -0.2) is 14.1 Å². The van der Waals surface area contributed by atoms with Crippen LogP contribution in [-0.4, -0.2) is 21.9 Å². The van der Waals surface area contributed by atoms with Gasteiger partial charge in [0.25, 0.3) is 0 Å². The first-order valence-electron chi connectivity index (χ1n) is 10.3. The van der Waals surface area contributed by atoms with Gasteiger partial charge in [-0.3, -0.25) is 0 Å². The zero-order valence-corrected chi connectivity index (χ0v) is 17.8. The maximum Gasteiger partial charge on any atom is 0.167 e. The van der Waals surface area contributed by atoms with E-state index in [1.54, 1.807) is 25.4 Å². The summed E-state index contributed by atoms with van der Waals surface area (Å²) in [5.74, 6) is 0.769. The van der Waals surface area contributed by atoms with E-state index >= 15 is 0 Å². The van der Waals surface area contributed by atoms with Crippen LogP contribution in [0.4, 0.5) is 10.1 Å². The first-order chi connectivity index (χ1) is 16.1. The molecule has 163 valence electrons. The number of pyridine rings is 1. The van der Waals surface area contributed by atoms with Crippen molar-refractivity contribution in [2.75, 3.05) is 12.8 Å². The highest BCUT2D eigenvalue weighted by Gasteiger charge is 2.19. The second-order valence-corrected chi connectivity index (χ2v) is 7.44. The van der Waals surface area contributed by atoms with Gasteiger partial charge in [-0.1, -0.05) is 36.4 Å². The van der Waals surface area contributed by atoms with Crippen LogP contribution < -0.4 is 15.2 Å². The molecule has 0 saturated heterocycles. The summed E-state index contributed by atoms with van der Waals surface area (Å²) in [5, 5.41) is 5.54. The third-order valence-electron chi connectivity index (χ3n) is 5.25. The summed E-state index contributed by atoms with van der Waals surface area (Å²) in [4.78, 5) is 4.57. The molecule has 5 aromatic rings. The Balaban J connectivity index is 1.64. The highest BCUT2D eigenvalue weighted by Crippen LogP contribution is 2.37. The smallest absolute Gasteiger partial charge is 0.167 e. The van der Waals surface area contributed by atoms with Crippen LogP contribution in [0.5, 0.6) is 17.2 Å². The normalized spacial score (nSPS) is 11.0. The molecule has 2 heterocycles. The lowest BCUT2D eigenvalue weighted by molar-refractivity contribution is 0.414. The van der Waals surface area contributed by atoms with Gasteiger partial charge >= 0.3 is 0 Å². The van der Waals surface area contributed by atoms with E-state index in [1.165, 1.54) is 12.1 Å². The number of methoxy groups -OCH3 is 1. The molecule has 5 rings (SSSR count). The SMILES string of the molecule is COc1ccc(Cn2nc(-c3cc[c]cc3)c3c(Oc4ccc(N)cc4F)ccnc32)cc1. The Bertz CT molecular complexity index is 1420. The van der Waals surface area contributed by atoms with Gasteiger partial charge in [-0.15, -0.1) is 0 Å². The van der Waals surface area contributed by atoms with E-state index < -0.39 is 5.82 Å². The van der Waals surface area contributed by atoms with Crippen LogP contribution in [0.25, 0.3) is 22.3 Å². The Kier molecular flexibility index (Phi) is 5.36. The quantitative estimate of drug-likeness (QED) is 0.355. The average molecular weight is 439 g/mol. The Hall–Kier alpha value is -4.39. The third kappa shape index (κ3) is 4.08. The molecule has 0 unspecified atom stereocenters. The number of fused-ring (bicyclic) bond motifs is 1. The standard InChI is InChI=1S/C26H20FN4O2/c1-32-20-10-7-17(8-11-20)16-31-26-24(25(30-31)18-5-3-2-4-6-18)23(13-14-29-26)33-22-12-9-19(28)15-21(22)27/h3-15H,16,28H2,1H3. The van der Waals surface area contributed by atoms with Gasteiger partial charge in [-0.2, -0.15) is 5.10 Å². The van der Waals surface area contributed by atoms with Crippen molar-refractivity contribution in [1.29, 1.82) is 0 Å². The molecule has 2 aromatic heterocycles. The fourth-order valence-corrected chi connectivity index (χ4v) is 3.63. The predicted molar refractivity (Wildman–Crippen MR) is 125 cm³/mol. The highest BCUT2D eigenvalue weighted by molar-refractivity contribution is 5.96. The maximum atomic E-state index is 14.5. The Morgan fingerprint density at radius 2 is 1.79 bits per heavy atom. The summed E-state index contributed by atoms with van der Waals surface area (Å²) >= 11 is 0. The average Bonchev–Trinajstić information content (AvgIpc) is 3.21. The largest absolute Gasteiger partial charge is 0.497 e. The van der Waals surface area contributed by atoms with Crippen LogP contribution in [0.2, 0.25) is 0 Å². The molecule has 0 saturated carbocycles. The van der Waals surface area contributed by atoms with Gasteiger partial charge in [0.1, 0.15) is 17.2 Å². The number of nitrogens with zero attached hydrogens (tertiary/aromatic N) is 3. The van der Waals surface area contributed by atoms with Crippen molar-refractivity contribution < 1.29 is 13.9 Å². The maximum absolute atomic E-state index is 14.5. The number of nitrogens with two attached hydrogens (primary N) is 1. The summed E-state index contributed by atoms with van der Waals surface area (Å²) in [5.41, 5.74) is 9.23. The van der Waals surface area contributed by atoms with Gasteiger partial charge in [0.2, 0.25) is 0 Å². The molecule has 0 aliphatic heterocycles. The van der Waals surface area contributed by atoms with Crippen molar-refractivity contribution in [3.05, 3.63) is 96.4 Å². The fraction of sp³-hybridized carbons (Fsp3) is 0.0769. The minimum atomic E-state index is -0.540. The molecule has 0 spiro atoms. The lowest BCUT2D eigenvalue weighted by Crippen LogP contribution is -2.03. The van der Waals surface area contributed by atoms with Crippen LogP contribution in [0.15, 0.2) is 79.0 Å². The van der Waals surface area contributed by atoms with E-state index in [2.05, 4.69) is 11.1 Å². The van der Waals surface area contributed by atoms with Crippen molar-refractivity contribution in [3.63, 3.8) is 0 Å². The summed E-state index contributed by atoms with van der Waals surface area (Å²) in [6.07, 6.45) is 1.63. The minimum Gasteiger partial charge on any atom is -0.497 e. The molecule has 2 N–H and O–H groups in total. The molecule has 0 aliphatic rings. The first kappa shape index (κ1) is 20.5. The molecule has 0 atom stereocenters. The summed E-state index contributed by atoms with van der Waals surface area (Å²) < 4.78 is 27.5. The molecule has 0 fully saturated rings. The highest BCUT2D eigenvalue weighted by atomic mass is 19.1. The molecule has 3 aromatic carbocycles. The second-order valence-electron chi connectivity index (χ2n) is 7.44. The van der Waals surface area contributed by atoms with E-state index in [0.29, 0.717) is 34.7 Å². The Morgan fingerprint density at radius 3 is 2.52 bits per heavy atom. The van der Waals surface area contributed by atoms with Crippen molar-refractivity contribution in [2.45, 2.75) is 6.54 Å². The van der Waals surface area contributed by atoms with Crippen molar-refractivity contribution in [1.82, 2.24) is 14.8 Å². The summed E-state index contributed by atoms with van der Waals surface area (Å²) in [6, 6.07) is 24.3. The molecule has 0 amide bonds. The monoisotopic (exact) mass is 439 g/mol. The molecular formula is C26H20FN4O2.